The maximum absolute atomic E-state index is 10.1. The van der Waals surface area contributed by atoms with E-state index in [2.05, 4.69) is 7.11 Å². The minimum absolute atomic E-state index is 0.204. The van der Waals surface area contributed by atoms with E-state index in [9.17, 15) is 9.90 Å². The average molecular weight is 200 g/mol. The van der Waals surface area contributed by atoms with Gasteiger partial charge in [-0.2, -0.15) is 0 Å². The van der Waals surface area contributed by atoms with Crippen molar-refractivity contribution in [3.63, 3.8) is 0 Å². The van der Waals surface area contributed by atoms with Crippen LogP contribution in [-0.4, -0.2) is 12.6 Å². The molecule has 0 bridgehead atoms. The molecule has 0 rings (SSSR count). The van der Waals surface area contributed by atoms with E-state index < -0.39 is 5.97 Å². The maximum Gasteiger partial charge on any atom is 0.355 e. The summed E-state index contributed by atoms with van der Waals surface area (Å²) in [5.41, 5.74) is 0. The number of hydrogen-bond donors (Lipinski definition) is 0. The molecular weight excluding hydrogens is 180 g/mol. The largest absolute Gasteiger partial charge is 0.379 e. The van der Waals surface area contributed by atoms with Crippen LogP contribution in [0.3, 0.4) is 0 Å². The summed E-state index contributed by atoms with van der Waals surface area (Å²) >= 11 is 0. The van der Waals surface area contributed by atoms with Crippen LogP contribution in [0.1, 0.15) is 51.4 Å². The van der Waals surface area contributed by atoms with Gasteiger partial charge in [-0.05, 0) is 12.8 Å². The van der Waals surface area contributed by atoms with E-state index in [1.807, 2.05) is 0 Å². The second-order valence-electron chi connectivity index (χ2n) is 3.51. The second-order valence-corrected chi connectivity index (χ2v) is 3.51. The lowest BCUT2D eigenvalue weighted by molar-refractivity contribution is -0.143. The third-order valence-electron chi connectivity index (χ3n) is 2.17. The molecule has 0 saturated carbocycles. The van der Waals surface area contributed by atoms with Gasteiger partial charge >= 0.3 is 5.97 Å². The number of carbonyl (C=O) groups excluding carboxylic acids is 1. The van der Waals surface area contributed by atoms with Gasteiger partial charge in [0.05, 0.1) is 13.5 Å². The number of ether oxygens (including phenoxy) is 1. The highest BCUT2D eigenvalue weighted by molar-refractivity contribution is 5.66. The van der Waals surface area contributed by atoms with Crippen LogP contribution in [0.4, 0.5) is 0 Å². The molecule has 0 aromatic rings. The average Bonchev–Trinajstić information content (AvgIpc) is 2.15. The highest BCUT2D eigenvalue weighted by atomic mass is 16.5. The van der Waals surface area contributed by atoms with Gasteiger partial charge in [0, 0.05) is 6.61 Å². The summed E-state index contributed by atoms with van der Waals surface area (Å²) in [6.45, 7) is 0.741. The molecule has 0 fully saturated rings. The summed E-state index contributed by atoms with van der Waals surface area (Å²) in [6.07, 6.45) is 7.72. The molecule has 0 aromatic heterocycles. The molecule has 0 aromatic carbocycles. The van der Waals surface area contributed by atoms with E-state index >= 15 is 0 Å². The SMILES string of the molecule is [CH2]OCCCCCCCCCC([O])=O. The molecule has 0 unspecified atom stereocenters. The molecule has 2 radical (unpaired) electrons. The molecule has 3 heteroatoms. The van der Waals surface area contributed by atoms with Crippen LogP contribution < -0.4 is 0 Å². The predicted octanol–water partition coefficient (Wildman–Crippen LogP) is 2.87. The lowest BCUT2D eigenvalue weighted by Crippen LogP contribution is -1.91. The summed E-state index contributed by atoms with van der Waals surface area (Å²) in [4.78, 5) is 10.1. The van der Waals surface area contributed by atoms with Gasteiger partial charge in [-0.1, -0.05) is 32.1 Å². The lowest BCUT2D eigenvalue weighted by atomic mass is 10.1. The van der Waals surface area contributed by atoms with Gasteiger partial charge in [0.25, 0.3) is 0 Å². The fourth-order valence-corrected chi connectivity index (χ4v) is 1.36. The van der Waals surface area contributed by atoms with Crippen LogP contribution in [0, 0.1) is 7.11 Å². The van der Waals surface area contributed by atoms with Gasteiger partial charge in [0.2, 0.25) is 0 Å². The molecule has 82 valence electrons. The van der Waals surface area contributed by atoms with Crippen LogP contribution in [0.15, 0.2) is 0 Å². The molecule has 3 nitrogen and oxygen atoms in total. The summed E-state index contributed by atoms with van der Waals surface area (Å²) < 4.78 is 4.69. The molecule has 14 heavy (non-hydrogen) atoms. The summed E-state index contributed by atoms with van der Waals surface area (Å²) in [7, 11) is 3.30. The fourth-order valence-electron chi connectivity index (χ4n) is 1.36. The van der Waals surface area contributed by atoms with Gasteiger partial charge in [-0.3, -0.25) is 0 Å². The molecule has 0 N–H and O–H groups in total. The molecule has 0 amide bonds. The molecular formula is C11H20O3. The van der Waals surface area contributed by atoms with Crippen molar-refractivity contribution in [3.8, 4) is 0 Å². The van der Waals surface area contributed by atoms with E-state index in [0.29, 0.717) is 0 Å². The first kappa shape index (κ1) is 13.4. The Labute approximate surface area is 86.5 Å². The fraction of sp³-hybridized carbons (Fsp3) is 0.818. The summed E-state index contributed by atoms with van der Waals surface area (Å²) in [5.74, 6) is -0.933. The lowest BCUT2D eigenvalue weighted by Gasteiger charge is -2.00. The van der Waals surface area contributed by atoms with Crippen LogP contribution in [-0.2, 0) is 14.6 Å². The Bertz CT molecular complexity index is 134. The van der Waals surface area contributed by atoms with E-state index in [1.54, 1.807) is 0 Å². The highest BCUT2D eigenvalue weighted by Gasteiger charge is 1.98. The number of unbranched alkanes of at least 4 members (excludes halogenated alkanes) is 6. The van der Waals surface area contributed by atoms with Crippen LogP contribution in [0.25, 0.3) is 0 Å². The van der Waals surface area contributed by atoms with E-state index in [4.69, 9.17) is 4.74 Å². The zero-order valence-corrected chi connectivity index (χ0v) is 8.80. The van der Waals surface area contributed by atoms with Crippen molar-refractivity contribution < 1.29 is 14.6 Å². The first-order valence-corrected chi connectivity index (χ1v) is 5.34. The highest BCUT2D eigenvalue weighted by Crippen LogP contribution is 2.08. The first-order valence-electron chi connectivity index (χ1n) is 5.34. The minimum atomic E-state index is -0.933. The summed E-state index contributed by atoms with van der Waals surface area (Å²) in [5, 5.41) is 10.1. The van der Waals surface area contributed by atoms with Crippen LogP contribution in [0.5, 0.6) is 0 Å². The van der Waals surface area contributed by atoms with Crippen molar-refractivity contribution in [1.29, 1.82) is 0 Å². The smallest absolute Gasteiger partial charge is 0.355 e. The number of rotatable bonds is 10. The Kier molecular flexibility index (Phi) is 10.1. The number of hydrogen-bond acceptors (Lipinski definition) is 2. The Hall–Kier alpha value is -0.570. The van der Waals surface area contributed by atoms with Crippen molar-refractivity contribution in [3.05, 3.63) is 7.11 Å². The molecule has 0 aliphatic carbocycles. The quantitative estimate of drug-likeness (QED) is 0.509. The topological polar surface area (TPSA) is 46.2 Å². The first-order chi connectivity index (χ1) is 6.77. The zero-order valence-electron chi connectivity index (χ0n) is 8.80. The third kappa shape index (κ3) is 11.4. The Balaban J connectivity index is 2.88. The normalized spacial score (nSPS) is 10.4. The van der Waals surface area contributed by atoms with Gasteiger partial charge < -0.3 is 4.74 Å². The second kappa shape index (κ2) is 10.5. The molecule has 0 aliphatic heterocycles. The van der Waals surface area contributed by atoms with Crippen molar-refractivity contribution in [2.45, 2.75) is 51.4 Å². The van der Waals surface area contributed by atoms with Crippen LogP contribution >= 0.6 is 0 Å². The maximum atomic E-state index is 10.1. The zero-order chi connectivity index (χ0) is 10.6. The Morgan fingerprint density at radius 2 is 1.43 bits per heavy atom. The van der Waals surface area contributed by atoms with Gasteiger partial charge in [0.1, 0.15) is 0 Å². The van der Waals surface area contributed by atoms with Crippen LogP contribution in [0.2, 0.25) is 0 Å². The van der Waals surface area contributed by atoms with Gasteiger partial charge in [0.15, 0.2) is 0 Å². The van der Waals surface area contributed by atoms with Gasteiger partial charge in [-0.25, -0.2) is 9.90 Å². The standard InChI is InChI=1S/C11H20O3/c1-14-10-8-6-4-2-3-5-7-9-11(12)13/h1-10H2. The molecule has 0 atom stereocenters. The van der Waals surface area contributed by atoms with Crippen molar-refractivity contribution in [2.75, 3.05) is 6.61 Å². The van der Waals surface area contributed by atoms with E-state index in [-0.39, 0.29) is 6.42 Å². The summed E-state index contributed by atoms with van der Waals surface area (Å²) in [6, 6.07) is 0. The van der Waals surface area contributed by atoms with Crippen molar-refractivity contribution >= 4 is 5.97 Å². The molecule has 0 saturated heterocycles. The Morgan fingerprint density at radius 3 is 1.93 bits per heavy atom. The van der Waals surface area contributed by atoms with Crippen molar-refractivity contribution in [2.24, 2.45) is 0 Å². The van der Waals surface area contributed by atoms with Crippen molar-refractivity contribution in [1.82, 2.24) is 0 Å². The Morgan fingerprint density at radius 1 is 0.929 bits per heavy atom. The van der Waals surface area contributed by atoms with E-state index in [0.717, 1.165) is 32.3 Å². The predicted molar refractivity (Wildman–Crippen MR) is 53.9 cm³/mol. The van der Waals surface area contributed by atoms with Gasteiger partial charge in [-0.15, -0.1) is 0 Å². The molecule has 0 spiro atoms. The van der Waals surface area contributed by atoms with E-state index in [1.165, 1.54) is 19.3 Å². The number of carbonyl (C=O) groups is 1. The molecule has 0 aliphatic rings. The molecule has 0 heterocycles. The third-order valence-corrected chi connectivity index (χ3v) is 2.17. The minimum Gasteiger partial charge on any atom is -0.379 e. The monoisotopic (exact) mass is 200 g/mol.